The molecule has 2 aliphatic rings. The molecule has 31 heavy (non-hydrogen) atoms. The van der Waals surface area contributed by atoms with Crippen LogP contribution in [0.4, 0.5) is 0 Å². The number of hydrogen-bond donors (Lipinski definition) is 1. The van der Waals surface area contributed by atoms with Crippen molar-refractivity contribution in [2.45, 2.75) is 39.3 Å². The molecule has 4 amide bonds. The second-order valence-corrected chi connectivity index (χ2v) is 7.75. The molecule has 10 heteroatoms. The van der Waals surface area contributed by atoms with Crippen LogP contribution in [0.1, 0.15) is 29.9 Å². The van der Waals surface area contributed by atoms with Crippen LogP contribution in [0, 0.1) is 13.8 Å². The molecule has 0 saturated carbocycles. The zero-order chi connectivity index (χ0) is 22.3. The molecule has 3 heterocycles. The second-order valence-electron chi connectivity index (χ2n) is 7.75. The highest BCUT2D eigenvalue weighted by molar-refractivity contribution is 6.18. The van der Waals surface area contributed by atoms with Crippen molar-refractivity contribution in [1.29, 1.82) is 0 Å². The molecule has 1 saturated heterocycles. The molecular weight excluding hydrogens is 402 g/mol. The van der Waals surface area contributed by atoms with Crippen molar-refractivity contribution in [3.63, 3.8) is 0 Å². The summed E-state index contributed by atoms with van der Waals surface area (Å²) in [5.74, 6) is -1.55. The molecule has 0 bridgehead atoms. The quantitative estimate of drug-likeness (QED) is 0.702. The van der Waals surface area contributed by atoms with Crippen LogP contribution in [-0.4, -0.2) is 56.7 Å². The van der Waals surface area contributed by atoms with Gasteiger partial charge in [-0.25, -0.2) is 0 Å². The number of nitrogens with one attached hydrogen (secondary N) is 1. The van der Waals surface area contributed by atoms with Crippen LogP contribution in [-0.2, 0) is 25.7 Å². The average Bonchev–Trinajstić information content (AvgIpc) is 3.26. The lowest BCUT2D eigenvalue weighted by Gasteiger charge is -2.29. The van der Waals surface area contributed by atoms with E-state index in [0.717, 1.165) is 21.6 Å². The van der Waals surface area contributed by atoms with E-state index in [4.69, 9.17) is 4.52 Å². The van der Waals surface area contributed by atoms with Crippen LogP contribution in [0.15, 0.2) is 34.5 Å². The van der Waals surface area contributed by atoms with Crippen LogP contribution < -0.4 is 5.32 Å². The summed E-state index contributed by atoms with van der Waals surface area (Å²) in [6.07, 6.45) is 1.35. The molecule has 2 aromatic rings. The molecular formula is C21H21N5O5. The van der Waals surface area contributed by atoms with E-state index < -0.39 is 29.7 Å². The molecule has 0 aliphatic carbocycles. The summed E-state index contributed by atoms with van der Waals surface area (Å²) < 4.78 is 5.32. The van der Waals surface area contributed by atoms with Crippen molar-refractivity contribution in [2.24, 2.45) is 0 Å². The predicted molar refractivity (Wildman–Crippen MR) is 107 cm³/mol. The third-order valence-electron chi connectivity index (χ3n) is 5.19. The maximum Gasteiger partial charge on any atom is 0.277 e. The maximum atomic E-state index is 12.8. The van der Waals surface area contributed by atoms with E-state index in [9.17, 15) is 19.2 Å². The van der Waals surface area contributed by atoms with E-state index in [1.807, 2.05) is 32.0 Å². The lowest BCUT2D eigenvalue weighted by Crippen LogP contribution is -2.54. The second kappa shape index (κ2) is 7.78. The van der Waals surface area contributed by atoms with E-state index in [1.54, 1.807) is 7.05 Å². The Morgan fingerprint density at radius 3 is 2.55 bits per heavy atom. The zero-order valence-electron chi connectivity index (χ0n) is 17.3. The fourth-order valence-electron chi connectivity index (χ4n) is 3.80. The Morgan fingerprint density at radius 1 is 1.16 bits per heavy atom. The molecule has 10 nitrogen and oxygen atoms in total. The molecule has 1 unspecified atom stereocenters. The Kier molecular flexibility index (Phi) is 5.14. The van der Waals surface area contributed by atoms with Gasteiger partial charge in [-0.3, -0.25) is 29.4 Å². The van der Waals surface area contributed by atoms with Crippen molar-refractivity contribution in [2.75, 3.05) is 7.05 Å². The highest BCUT2D eigenvalue weighted by Gasteiger charge is 2.43. The Labute approximate surface area is 177 Å². The molecule has 0 spiro atoms. The summed E-state index contributed by atoms with van der Waals surface area (Å²) in [7, 11) is 1.62. The van der Waals surface area contributed by atoms with Gasteiger partial charge in [0.25, 0.3) is 11.8 Å². The first-order valence-corrected chi connectivity index (χ1v) is 9.78. The first-order chi connectivity index (χ1) is 14.7. The van der Waals surface area contributed by atoms with Gasteiger partial charge in [0.2, 0.25) is 23.5 Å². The molecule has 1 N–H and O–H groups in total. The minimum absolute atomic E-state index is 0.0713. The van der Waals surface area contributed by atoms with Crippen molar-refractivity contribution in [1.82, 2.24) is 25.3 Å². The van der Waals surface area contributed by atoms with Gasteiger partial charge in [0.1, 0.15) is 11.7 Å². The van der Waals surface area contributed by atoms with Crippen molar-refractivity contribution in [3.8, 4) is 11.4 Å². The highest BCUT2D eigenvalue weighted by atomic mass is 16.5. The number of amides is 4. The van der Waals surface area contributed by atoms with Crippen molar-refractivity contribution >= 4 is 23.6 Å². The summed E-state index contributed by atoms with van der Waals surface area (Å²) in [4.78, 5) is 55.5. The number of nitrogens with zero attached hydrogens (tertiary/aromatic N) is 4. The molecule has 1 aromatic heterocycles. The van der Waals surface area contributed by atoms with Crippen LogP contribution in [0.5, 0.6) is 0 Å². The van der Waals surface area contributed by atoms with Gasteiger partial charge >= 0.3 is 0 Å². The topological polar surface area (TPSA) is 126 Å². The van der Waals surface area contributed by atoms with Gasteiger partial charge in [-0.05, 0) is 32.4 Å². The largest absolute Gasteiger partial charge is 0.361 e. The first kappa shape index (κ1) is 20.5. The minimum atomic E-state index is -1.00. The van der Waals surface area contributed by atoms with E-state index in [1.165, 1.54) is 11.0 Å². The van der Waals surface area contributed by atoms with Gasteiger partial charge in [-0.1, -0.05) is 22.3 Å². The molecule has 2 aliphatic heterocycles. The van der Waals surface area contributed by atoms with Gasteiger partial charge in [0.15, 0.2) is 0 Å². The standard InChI is InChI=1S/C21H21N5O5/c1-11-6-12(2)8-13(7-11)19-23-17(31-24-19)10-25(3)15-9-18(28)26(21(15)30)14-4-5-16(27)22-20(14)29/h6-9,14H,4-5,10H2,1-3H3,(H,22,27,29). The van der Waals surface area contributed by atoms with E-state index in [-0.39, 0.29) is 31.0 Å². The first-order valence-electron chi connectivity index (χ1n) is 9.78. The Morgan fingerprint density at radius 2 is 1.87 bits per heavy atom. The van der Waals surface area contributed by atoms with Gasteiger partial charge in [0.05, 0.1) is 6.54 Å². The number of likely N-dealkylation sites (N-methyl/N-ethyl adjacent to an activating group) is 1. The van der Waals surface area contributed by atoms with E-state index in [0.29, 0.717) is 5.82 Å². The molecule has 1 aromatic carbocycles. The Hall–Kier alpha value is -3.82. The van der Waals surface area contributed by atoms with Crippen LogP contribution >= 0.6 is 0 Å². The number of imide groups is 2. The summed E-state index contributed by atoms with van der Waals surface area (Å²) in [6, 6.07) is 4.94. The van der Waals surface area contributed by atoms with Crippen molar-refractivity contribution < 1.29 is 23.7 Å². The fourth-order valence-corrected chi connectivity index (χ4v) is 3.80. The Balaban J connectivity index is 1.47. The number of carbonyl (C=O) groups is 4. The minimum Gasteiger partial charge on any atom is -0.361 e. The van der Waals surface area contributed by atoms with Gasteiger partial charge in [-0.15, -0.1) is 0 Å². The maximum absolute atomic E-state index is 12.8. The molecule has 1 fully saturated rings. The van der Waals surface area contributed by atoms with Gasteiger partial charge in [-0.2, -0.15) is 4.98 Å². The van der Waals surface area contributed by atoms with Crippen molar-refractivity contribution in [3.05, 3.63) is 47.0 Å². The highest BCUT2D eigenvalue weighted by Crippen LogP contribution is 2.24. The third kappa shape index (κ3) is 3.96. The zero-order valence-corrected chi connectivity index (χ0v) is 17.3. The van der Waals surface area contributed by atoms with Crippen LogP contribution in [0.3, 0.4) is 0 Å². The summed E-state index contributed by atoms with van der Waals surface area (Å²) in [5.41, 5.74) is 3.09. The monoisotopic (exact) mass is 423 g/mol. The number of benzene rings is 1. The normalized spacial score (nSPS) is 19.0. The predicted octanol–water partition coefficient (Wildman–Crippen LogP) is 0.843. The number of rotatable bonds is 5. The number of carbonyl (C=O) groups excluding carboxylic acids is 4. The number of piperidine rings is 1. The molecule has 1 atom stereocenters. The molecule has 160 valence electrons. The molecule has 0 radical (unpaired) electrons. The van der Waals surface area contributed by atoms with Gasteiger partial charge < -0.3 is 9.42 Å². The lowest BCUT2D eigenvalue weighted by atomic mass is 10.0. The summed E-state index contributed by atoms with van der Waals surface area (Å²) in [6.45, 7) is 4.06. The lowest BCUT2D eigenvalue weighted by molar-refractivity contribution is -0.150. The summed E-state index contributed by atoms with van der Waals surface area (Å²) >= 11 is 0. The SMILES string of the molecule is Cc1cc(C)cc(-c2noc(CN(C)C3=CC(=O)N(C4CCC(=O)NC4=O)C3=O)n2)c1. The smallest absolute Gasteiger partial charge is 0.277 e. The van der Waals surface area contributed by atoms with Gasteiger partial charge in [0, 0.05) is 25.1 Å². The van der Waals surface area contributed by atoms with Crippen LogP contribution in [0.2, 0.25) is 0 Å². The number of hydrogen-bond acceptors (Lipinski definition) is 8. The Bertz CT molecular complexity index is 1110. The third-order valence-corrected chi connectivity index (χ3v) is 5.19. The van der Waals surface area contributed by atoms with E-state index >= 15 is 0 Å². The number of aryl methyl sites for hydroxylation is 2. The van der Waals surface area contributed by atoms with Crippen LogP contribution in [0.25, 0.3) is 11.4 Å². The fraction of sp³-hybridized carbons (Fsp3) is 0.333. The molecule has 4 rings (SSSR count). The van der Waals surface area contributed by atoms with E-state index in [2.05, 4.69) is 15.5 Å². The number of aromatic nitrogens is 2. The average molecular weight is 423 g/mol. The summed E-state index contributed by atoms with van der Waals surface area (Å²) in [5, 5.41) is 6.17.